The first-order chi connectivity index (χ1) is 12.1. The maximum Gasteiger partial charge on any atom is 0.244 e. The lowest BCUT2D eigenvalue weighted by molar-refractivity contribution is -0.120. The summed E-state index contributed by atoms with van der Waals surface area (Å²) in [6.45, 7) is 1.69. The van der Waals surface area contributed by atoms with Crippen molar-refractivity contribution in [2.24, 2.45) is 5.10 Å². The van der Waals surface area contributed by atoms with Gasteiger partial charge in [0.1, 0.15) is 5.75 Å². The molecule has 0 saturated heterocycles. The fourth-order valence-electron chi connectivity index (χ4n) is 2.13. The second kappa shape index (κ2) is 9.22. The first kappa shape index (κ1) is 18.2. The van der Waals surface area contributed by atoms with Crippen molar-refractivity contribution in [3.8, 4) is 5.75 Å². The van der Waals surface area contributed by atoms with Crippen LogP contribution in [-0.4, -0.2) is 24.6 Å². The molecular weight excluding hydrogens is 318 g/mol. The predicted octanol–water partition coefficient (Wildman–Crippen LogP) is 2.76. The van der Waals surface area contributed by atoms with Crippen molar-refractivity contribution >= 4 is 23.2 Å². The molecule has 0 radical (unpaired) electrons. The number of anilines is 1. The van der Waals surface area contributed by atoms with Gasteiger partial charge >= 0.3 is 0 Å². The average Bonchev–Trinajstić information content (AvgIpc) is 2.61. The molecule has 0 bridgehead atoms. The highest BCUT2D eigenvalue weighted by molar-refractivity contribution is 6.05. The molecule has 2 aromatic carbocycles. The van der Waals surface area contributed by atoms with Gasteiger partial charge in [-0.3, -0.25) is 9.59 Å². The van der Waals surface area contributed by atoms with E-state index in [0.29, 0.717) is 11.4 Å². The lowest BCUT2D eigenvalue weighted by Crippen LogP contribution is -2.22. The van der Waals surface area contributed by atoms with E-state index >= 15 is 0 Å². The molecule has 0 aliphatic heterocycles. The third-order valence-electron chi connectivity index (χ3n) is 3.37. The largest absolute Gasteiger partial charge is 0.497 e. The van der Waals surface area contributed by atoms with E-state index in [0.717, 1.165) is 11.3 Å². The van der Waals surface area contributed by atoms with Gasteiger partial charge in [0.15, 0.2) is 0 Å². The van der Waals surface area contributed by atoms with E-state index in [1.807, 2.05) is 30.3 Å². The molecule has 0 fully saturated rings. The van der Waals surface area contributed by atoms with E-state index in [9.17, 15) is 9.59 Å². The molecule has 2 amide bonds. The normalized spacial score (nSPS) is 10.9. The maximum absolute atomic E-state index is 12.0. The Morgan fingerprint density at radius 3 is 2.32 bits per heavy atom. The van der Waals surface area contributed by atoms with E-state index in [2.05, 4.69) is 15.8 Å². The molecule has 0 heterocycles. The fraction of sp³-hybridized carbons (Fsp3) is 0.211. The zero-order valence-electron chi connectivity index (χ0n) is 14.3. The molecule has 130 valence electrons. The number of benzene rings is 2. The average molecular weight is 339 g/mol. The summed E-state index contributed by atoms with van der Waals surface area (Å²) in [5, 5.41) is 6.73. The monoisotopic (exact) mass is 339 g/mol. The first-order valence-electron chi connectivity index (χ1n) is 7.86. The molecule has 0 aromatic heterocycles. The quantitative estimate of drug-likeness (QED) is 0.601. The summed E-state index contributed by atoms with van der Waals surface area (Å²) < 4.78 is 5.06. The molecule has 2 rings (SSSR count). The molecule has 2 aromatic rings. The molecule has 0 aliphatic carbocycles. The number of ether oxygens (including phenoxy) is 1. The van der Waals surface area contributed by atoms with Crippen molar-refractivity contribution in [1.29, 1.82) is 0 Å². The molecule has 6 heteroatoms. The Hall–Kier alpha value is -3.15. The summed E-state index contributed by atoms with van der Waals surface area (Å²) in [6.07, 6.45) is 0.341. The summed E-state index contributed by atoms with van der Waals surface area (Å²) in [7, 11) is 1.58. The Balaban J connectivity index is 1.79. The number of rotatable bonds is 7. The highest BCUT2D eigenvalue weighted by Crippen LogP contribution is 2.15. The Kier molecular flexibility index (Phi) is 6.71. The van der Waals surface area contributed by atoms with Gasteiger partial charge in [0.2, 0.25) is 11.8 Å². The minimum absolute atomic E-state index is 0.0949. The lowest BCUT2D eigenvalue weighted by Gasteiger charge is -2.06. The van der Waals surface area contributed by atoms with Crippen LogP contribution in [-0.2, 0) is 16.0 Å². The number of carbonyl (C=O) groups excluding carboxylic acids is 2. The van der Waals surface area contributed by atoms with Crippen LogP contribution in [0.3, 0.4) is 0 Å². The van der Waals surface area contributed by atoms with Crippen molar-refractivity contribution in [2.75, 3.05) is 12.4 Å². The number of hydrazone groups is 1. The van der Waals surface area contributed by atoms with Crippen LogP contribution in [0.2, 0.25) is 0 Å². The summed E-state index contributed by atoms with van der Waals surface area (Å²) in [5.41, 5.74) is 4.57. The predicted molar refractivity (Wildman–Crippen MR) is 97.6 cm³/mol. The minimum Gasteiger partial charge on any atom is -0.497 e. The smallest absolute Gasteiger partial charge is 0.244 e. The van der Waals surface area contributed by atoms with Gasteiger partial charge in [-0.15, -0.1) is 0 Å². The zero-order valence-corrected chi connectivity index (χ0v) is 14.3. The van der Waals surface area contributed by atoms with Crippen LogP contribution in [0.25, 0.3) is 0 Å². The third kappa shape index (κ3) is 6.47. The summed E-state index contributed by atoms with van der Waals surface area (Å²) in [5.74, 6) is 0.293. The van der Waals surface area contributed by atoms with Gasteiger partial charge in [0, 0.05) is 11.4 Å². The van der Waals surface area contributed by atoms with Gasteiger partial charge in [-0.2, -0.15) is 5.10 Å². The van der Waals surface area contributed by atoms with Crippen LogP contribution in [0.5, 0.6) is 5.75 Å². The fourth-order valence-corrected chi connectivity index (χ4v) is 2.13. The van der Waals surface area contributed by atoms with Crippen LogP contribution < -0.4 is 15.5 Å². The highest BCUT2D eigenvalue weighted by atomic mass is 16.5. The molecule has 0 atom stereocenters. The van der Waals surface area contributed by atoms with Crippen LogP contribution in [0.4, 0.5) is 5.69 Å². The third-order valence-corrected chi connectivity index (χ3v) is 3.37. The van der Waals surface area contributed by atoms with E-state index in [1.165, 1.54) is 0 Å². The van der Waals surface area contributed by atoms with Crippen molar-refractivity contribution in [2.45, 2.75) is 19.8 Å². The van der Waals surface area contributed by atoms with Gasteiger partial charge in [-0.25, -0.2) is 5.43 Å². The van der Waals surface area contributed by atoms with Crippen LogP contribution >= 0.6 is 0 Å². The van der Waals surface area contributed by atoms with Gasteiger partial charge in [0.05, 0.1) is 20.0 Å². The number of carbonyl (C=O) groups is 2. The lowest BCUT2D eigenvalue weighted by atomic mass is 10.1. The minimum atomic E-state index is -0.221. The molecule has 0 saturated carbocycles. The van der Waals surface area contributed by atoms with Crippen molar-refractivity contribution in [3.05, 3.63) is 60.2 Å². The zero-order chi connectivity index (χ0) is 18.1. The second-order valence-corrected chi connectivity index (χ2v) is 5.50. The molecular formula is C19H21N3O3. The van der Waals surface area contributed by atoms with Gasteiger partial charge in [0.25, 0.3) is 0 Å². The van der Waals surface area contributed by atoms with E-state index in [4.69, 9.17) is 4.74 Å². The number of methoxy groups -OCH3 is 1. The van der Waals surface area contributed by atoms with E-state index in [-0.39, 0.29) is 24.7 Å². The Labute approximate surface area is 146 Å². The van der Waals surface area contributed by atoms with Gasteiger partial charge in [-0.1, -0.05) is 30.3 Å². The standard InChI is InChI=1S/C19H21N3O3/c1-14(21-22-19(24)13-15-6-4-3-5-7-15)12-18(23)20-16-8-10-17(25-2)11-9-16/h3-11H,12-13H2,1-2H3,(H,20,23)(H,22,24)/b21-14+. The number of hydrogen-bond donors (Lipinski definition) is 2. The van der Waals surface area contributed by atoms with Crippen molar-refractivity contribution in [1.82, 2.24) is 5.43 Å². The molecule has 6 nitrogen and oxygen atoms in total. The van der Waals surface area contributed by atoms with Gasteiger partial charge < -0.3 is 10.1 Å². The Bertz CT molecular complexity index is 740. The number of nitrogens with zero attached hydrogens (tertiary/aromatic N) is 1. The van der Waals surface area contributed by atoms with Gasteiger partial charge in [-0.05, 0) is 36.8 Å². The number of amides is 2. The Morgan fingerprint density at radius 2 is 1.68 bits per heavy atom. The molecule has 0 aliphatic rings. The summed E-state index contributed by atoms with van der Waals surface area (Å²) in [4.78, 5) is 23.8. The molecule has 0 unspecified atom stereocenters. The SMILES string of the molecule is COc1ccc(NC(=O)C/C(C)=N/NC(=O)Cc2ccccc2)cc1. The molecule has 25 heavy (non-hydrogen) atoms. The van der Waals surface area contributed by atoms with Crippen LogP contribution in [0.1, 0.15) is 18.9 Å². The van der Waals surface area contributed by atoms with E-state index in [1.54, 1.807) is 38.3 Å². The van der Waals surface area contributed by atoms with Crippen LogP contribution in [0.15, 0.2) is 59.7 Å². The summed E-state index contributed by atoms with van der Waals surface area (Å²) in [6, 6.07) is 16.4. The Morgan fingerprint density at radius 1 is 1.00 bits per heavy atom. The molecule has 0 spiro atoms. The summed E-state index contributed by atoms with van der Waals surface area (Å²) >= 11 is 0. The number of hydrogen-bond acceptors (Lipinski definition) is 4. The van der Waals surface area contributed by atoms with Crippen LogP contribution in [0, 0.1) is 0 Å². The molecule has 2 N–H and O–H groups in total. The number of nitrogens with one attached hydrogen (secondary N) is 2. The topological polar surface area (TPSA) is 79.8 Å². The van der Waals surface area contributed by atoms with E-state index < -0.39 is 0 Å². The highest BCUT2D eigenvalue weighted by Gasteiger charge is 2.06. The second-order valence-electron chi connectivity index (χ2n) is 5.50. The van der Waals surface area contributed by atoms with Crippen molar-refractivity contribution in [3.63, 3.8) is 0 Å². The maximum atomic E-state index is 12.0. The first-order valence-corrected chi connectivity index (χ1v) is 7.86. The van der Waals surface area contributed by atoms with Crippen molar-refractivity contribution < 1.29 is 14.3 Å².